The highest BCUT2D eigenvalue weighted by Crippen LogP contribution is 2.27. The Morgan fingerprint density at radius 3 is 2.50 bits per heavy atom. The summed E-state index contributed by atoms with van der Waals surface area (Å²) in [6.07, 6.45) is 2.41. The molecule has 108 valence electrons. The van der Waals surface area contributed by atoms with Gasteiger partial charge in [-0.3, -0.25) is 4.79 Å². The van der Waals surface area contributed by atoms with Gasteiger partial charge in [0.25, 0.3) is 5.91 Å². The Labute approximate surface area is 119 Å². The van der Waals surface area contributed by atoms with Gasteiger partial charge in [0.05, 0.1) is 0 Å². The van der Waals surface area contributed by atoms with Gasteiger partial charge in [-0.05, 0) is 37.8 Å². The van der Waals surface area contributed by atoms with Crippen molar-refractivity contribution >= 4 is 11.9 Å². The first-order valence-corrected chi connectivity index (χ1v) is 7.13. The summed E-state index contributed by atoms with van der Waals surface area (Å²) in [5.41, 5.74) is 1.65. The van der Waals surface area contributed by atoms with E-state index in [1.54, 1.807) is 12.1 Å². The number of nitrogens with zero attached hydrogens (tertiary/aromatic N) is 1. The third-order valence-electron chi connectivity index (χ3n) is 4.13. The van der Waals surface area contributed by atoms with E-state index in [0.717, 1.165) is 18.4 Å². The van der Waals surface area contributed by atoms with Crippen LogP contribution in [0.15, 0.2) is 24.3 Å². The number of benzene rings is 1. The summed E-state index contributed by atoms with van der Waals surface area (Å²) < 4.78 is 0. The van der Waals surface area contributed by atoms with Crippen LogP contribution < -0.4 is 0 Å². The molecule has 1 amide bonds. The van der Waals surface area contributed by atoms with Gasteiger partial charge in [-0.1, -0.05) is 31.0 Å². The monoisotopic (exact) mass is 275 g/mol. The maximum absolute atomic E-state index is 12.5. The van der Waals surface area contributed by atoms with E-state index in [4.69, 9.17) is 0 Å². The maximum Gasteiger partial charge on any atom is 0.326 e. The second kappa shape index (κ2) is 6.07. The zero-order chi connectivity index (χ0) is 14.7. The van der Waals surface area contributed by atoms with Gasteiger partial charge in [0.2, 0.25) is 0 Å². The minimum absolute atomic E-state index is 0.174. The molecular formula is C16H21NO3. The van der Waals surface area contributed by atoms with Crippen LogP contribution in [0.1, 0.15) is 42.1 Å². The Bertz CT molecular complexity index is 495. The van der Waals surface area contributed by atoms with Crippen LogP contribution in [0.5, 0.6) is 0 Å². The molecule has 1 aromatic carbocycles. The van der Waals surface area contributed by atoms with Crippen molar-refractivity contribution in [2.24, 2.45) is 5.92 Å². The Balaban J connectivity index is 2.19. The first kappa shape index (κ1) is 14.6. The summed E-state index contributed by atoms with van der Waals surface area (Å²) in [6, 6.07) is 6.59. The molecule has 4 heteroatoms. The molecule has 0 aromatic heterocycles. The molecule has 1 N–H and O–H groups in total. The highest BCUT2D eigenvalue weighted by Gasteiger charge is 2.35. The molecule has 1 fully saturated rings. The van der Waals surface area contributed by atoms with E-state index in [2.05, 4.69) is 6.92 Å². The Hall–Kier alpha value is -1.84. The number of carboxylic acids is 1. The van der Waals surface area contributed by atoms with Crippen molar-refractivity contribution < 1.29 is 14.7 Å². The van der Waals surface area contributed by atoms with E-state index >= 15 is 0 Å². The van der Waals surface area contributed by atoms with Crippen LogP contribution in [0.2, 0.25) is 0 Å². The van der Waals surface area contributed by atoms with E-state index in [1.165, 1.54) is 4.90 Å². The SMILES string of the molecule is CCC1CCN(C(=O)c2ccc(C)cc2)C(C(=O)O)C1. The number of carbonyl (C=O) groups is 2. The highest BCUT2D eigenvalue weighted by atomic mass is 16.4. The fourth-order valence-corrected chi connectivity index (χ4v) is 2.75. The topological polar surface area (TPSA) is 57.6 Å². The predicted molar refractivity (Wildman–Crippen MR) is 76.7 cm³/mol. The summed E-state index contributed by atoms with van der Waals surface area (Å²) in [6.45, 7) is 4.56. The number of hydrogen-bond acceptors (Lipinski definition) is 2. The van der Waals surface area contributed by atoms with Crippen molar-refractivity contribution in [3.05, 3.63) is 35.4 Å². The van der Waals surface area contributed by atoms with Gasteiger partial charge in [-0.15, -0.1) is 0 Å². The zero-order valence-electron chi connectivity index (χ0n) is 12.0. The first-order chi connectivity index (χ1) is 9.52. The number of rotatable bonds is 3. The number of amides is 1. The predicted octanol–water partition coefficient (Wildman–Crippen LogP) is 2.71. The lowest BCUT2D eigenvalue weighted by atomic mass is 9.88. The number of aliphatic carboxylic acids is 1. The van der Waals surface area contributed by atoms with Crippen LogP contribution in [-0.4, -0.2) is 34.5 Å². The zero-order valence-corrected chi connectivity index (χ0v) is 12.0. The van der Waals surface area contributed by atoms with Gasteiger partial charge < -0.3 is 10.0 Å². The van der Waals surface area contributed by atoms with Crippen LogP contribution in [0.4, 0.5) is 0 Å². The Kier molecular flexibility index (Phi) is 4.42. The molecule has 1 aromatic rings. The molecule has 0 aliphatic carbocycles. The second-order valence-corrected chi connectivity index (χ2v) is 5.52. The minimum atomic E-state index is -0.899. The molecule has 0 bridgehead atoms. The van der Waals surface area contributed by atoms with Crippen molar-refractivity contribution in [3.8, 4) is 0 Å². The van der Waals surface area contributed by atoms with Crippen LogP contribution in [-0.2, 0) is 4.79 Å². The summed E-state index contributed by atoms with van der Waals surface area (Å²) >= 11 is 0. The smallest absolute Gasteiger partial charge is 0.326 e. The van der Waals surface area contributed by atoms with E-state index in [9.17, 15) is 14.7 Å². The third kappa shape index (κ3) is 3.00. The lowest BCUT2D eigenvalue weighted by Crippen LogP contribution is -2.50. The molecule has 0 radical (unpaired) electrons. The largest absolute Gasteiger partial charge is 0.480 e. The van der Waals surface area contributed by atoms with Crippen LogP contribution in [0, 0.1) is 12.8 Å². The number of piperidine rings is 1. The summed E-state index contributed by atoms with van der Waals surface area (Å²) in [4.78, 5) is 25.4. The highest BCUT2D eigenvalue weighted by molar-refractivity contribution is 5.96. The maximum atomic E-state index is 12.5. The van der Waals surface area contributed by atoms with Gasteiger partial charge in [0.1, 0.15) is 6.04 Å². The first-order valence-electron chi connectivity index (χ1n) is 7.13. The lowest BCUT2D eigenvalue weighted by molar-refractivity contribution is -0.144. The summed E-state index contributed by atoms with van der Waals surface area (Å²) in [7, 11) is 0. The number of carbonyl (C=O) groups excluding carboxylic acids is 1. The van der Waals surface area contributed by atoms with Gasteiger partial charge in [0.15, 0.2) is 0 Å². The number of likely N-dealkylation sites (tertiary alicyclic amines) is 1. The summed E-state index contributed by atoms with van der Waals surface area (Å²) in [5.74, 6) is -0.672. The van der Waals surface area contributed by atoms with Crippen molar-refractivity contribution in [1.29, 1.82) is 0 Å². The van der Waals surface area contributed by atoms with Gasteiger partial charge in [-0.2, -0.15) is 0 Å². The lowest BCUT2D eigenvalue weighted by Gasteiger charge is -2.37. The molecule has 1 aliphatic heterocycles. The molecule has 20 heavy (non-hydrogen) atoms. The number of aryl methyl sites for hydroxylation is 1. The van der Waals surface area contributed by atoms with Crippen LogP contribution >= 0.6 is 0 Å². The standard InChI is InChI=1S/C16H21NO3/c1-3-12-8-9-17(14(10-12)16(19)20)15(18)13-6-4-11(2)5-7-13/h4-7,12,14H,3,8-10H2,1-2H3,(H,19,20). The molecular weight excluding hydrogens is 254 g/mol. The van der Waals surface area contributed by atoms with Gasteiger partial charge in [0, 0.05) is 12.1 Å². The van der Waals surface area contributed by atoms with E-state index < -0.39 is 12.0 Å². The quantitative estimate of drug-likeness (QED) is 0.922. The van der Waals surface area contributed by atoms with Crippen LogP contribution in [0.3, 0.4) is 0 Å². The molecule has 1 heterocycles. The number of hydrogen-bond donors (Lipinski definition) is 1. The fourth-order valence-electron chi connectivity index (χ4n) is 2.75. The molecule has 2 rings (SSSR count). The van der Waals surface area contributed by atoms with Gasteiger partial charge in [-0.25, -0.2) is 4.79 Å². The van der Waals surface area contributed by atoms with Crippen molar-refractivity contribution in [3.63, 3.8) is 0 Å². The van der Waals surface area contributed by atoms with Crippen molar-refractivity contribution in [2.75, 3.05) is 6.54 Å². The summed E-state index contributed by atoms with van der Waals surface area (Å²) in [5, 5.41) is 9.37. The van der Waals surface area contributed by atoms with Crippen LogP contribution in [0.25, 0.3) is 0 Å². The average molecular weight is 275 g/mol. The number of carboxylic acid groups (broad SMARTS) is 1. The second-order valence-electron chi connectivity index (χ2n) is 5.52. The molecule has 1 saturated heterocycles. The third-order valence-corrected chi connectivity index (χ3v) is 4.13. The fraction of sp³-hybridized carbons (Fsp3) is 0.500. The average Bonchev–Trinajstić information content (AvgIpc) is 2.46. The molecule has 2 unspecified atom stereocenters. The molecule has 2 atom stereocenters. The van der Waals surface area contributed by atoms with E-state index in [-0.39, 0.29) is 5.91 Å². The van der Waals surface area contributed by atoms with Gasteiger partial charge >= 0.3 is 5.97 Å². The van der Waals surface area contributed by atoms with E-state index in [0.29, 0.717) is 24.4 Å². The van der Waals surface area contributed by atoms with Crippen molar-refractivity contribution in [1.82, 2.24) is 4.90 Å². The molecule has 0 saturated carbocycles. The molecule has 4 nitrogen and oxygen atoms in total. The van der Waals surface area contributed by atoms with Crippen molar-refractivity contribution in [2.45, 2.75) is 39.2 Å². The van der Waals surface area contributed by atoms with E-state index in [1.807, 2.05) is 19.1 Å². The minimum Gasteiger partial charge on any atom is -0.480 e. The molecule has 0 spiro atoms. The molecule has 1 aliphatic rings. The normalized spacial score (nSPS) is 22.6. The Morgan fingerprint density at radius 1 is 1.30 bits per heavy atom. The Morgan fingerprint density at radius 2 is 1.95 bits per heavy atom.